The summed E-state index contributed by atoms with van der Waals surface area (Å²) in [6, 6.07) is 20.5. The van der Waals surface area contributed by atoms with E-state index >= 15 is 0 Å². The molecule has 3 rings (SSSR count). The molecule has 0 saturated heterocycles. The Kier molecular flexibility index (Phi) is 4.09. The Morgan fingerprint density at radius 2 is 1.76 bits per heavy atom. The van der Waals surface area contributed by atoms with Gasteiger partial charge in [-0.15, -0.1) is 0 Å². The van der Waals surface area contributed by atoms with Gasteiger partial charge in [-0.1, -0.05) is 41.9 Å². The van der Waals surface area contributed by atoms with Crippen LogP contribution in [0.25, 0.3) is 10.8 Å². The molecule has 0 spiro atoms. The molecule has 3 aromatic carbocycles. The third kappa shape index (κ3) is 3.18. The Balaban J connectivity index is 1.82. The van der Waals surface area contributed by atoms with Gasteiger partial charge in [0.1, 0.15) is 0 Å². The number of halogens is 1. The first-order chi connectivity index (χ1) is 10.3. The molecule has 0 unspecified atom stereocenters. The molecular weight excluding hydrogens is 280 g/mol. The predicted octanol–water partition coefficient (Wildman–Crippen LogP) is 4.56. The molecule has 0 bridgehead atoms. The largest absolute Gasteiger partial charge is 0.381 e. The lowest BCUT2D eigenvalue weighted by atomic mass is 10.0. The van der Waals surface area contributed by atoms with Crippen LogP contribution in [0.3, 0.4) is 0 Å². The Labute approximate surface area is 129 Å². The number of nitrogens with two attached hydrogens (primary N) is 1. The van der Waals surface area contributed by atoms with E-state index in [9.17, 15) is 0 Å². The summed E-state index contributed by atoms with van der Waals surface area (Å²) in [5.74, 6) is 0. The molecule has 0 aliphatic rings. The molecule has 3 aromatic rings. The zero-order valence-corrected chi connectivity index (χ0v) is 12.4. The van der Waals surface area contributed by atoms with Crippen molar-refractivity contribution in [2.24, 2.45) is 5.73 Å². The molecule has 2 nitrogen and oxygen atoms in total. The lowest BCUT2D eigenvalue weighted by Crippen LogP contribution is -2.00. The summed E-state index contributed by atoms with van der Waals surface area (Å²) >= 11 is 5.89. The average Bonchev–Trinajstić information content (AvgIpc) is 2.53. The van der Waals surface area contributed by atoms with Crippen molar-refractivity contribution in [3.05, 3.63) is 76.8 Å². The molecule has 3 heteroatoms. The third-order valence-corrected chi connectivity index (χ3v) is 3.85. The molecule has 0 saturated carbocycles. The minimum atomic E-state index is 0.561. The summed E-state index contributed by atoms with van der Waals surface area (Å²) in [5.41, 5.74) is 9.29. The average molecular weight is 297 g/mol. The highest BCUT2D eigenvalue weighted by Gasteiger charge is 2.01. The molecule has 106 valence electrons. The maximum absolute atomic E-state index is 5.89. The van der Waals surface area contributed by atoms with Crippen LogP contribution in [0.5, 0.6) is 0 Å². The standard InChI is InChI=1S/C18H17ClN2/c19-16-6-8-17(9-7-16)21-12-13-4-5-14-2-1-3-15(11-20)18(14)10-13/h1-10,21H,11-12,20H2. The highest BCUT2D eigenvalue weighted by molar-refractivity contribution is 6.30. The molecule has 0 radical (unpaired) electrons. The second kappa shape index (κ2) is 6.17. The van der Waals surface area contributed by atoms with Crippen LogP contribution in [-0.2, 0) is 13.1 Å². The van der Waals surface area contributed by atoms with Crippen LogP contribution in [0.15, 0.2) is 60.7 Å². The molecule has 3 N–H and O–H groups in total. The third-order valence-electron chi connectivity index (χ3n) is 3.60. The van der Waals surface area contributed by atoms with E-state index in [4.69, 9.17) is 17.3 Å². The summed E-state index contributed by atoms with van der Waals surface area (Å²) in [6.07, 6.45) is 0. The highest BCUT2D eigenvalue weighted by atomic mass is 35.5. The number of anilines is 1. The fourth-order valence-electron chi connectivity index (χ4n) is 2.44. The van der Waals surface area contributed by atoms with Crippen molar-refractivity contribution in [3.8, 4) is 0 Å². The Bertz CT molecular complexity index is 751. The summed E-state index contributed by atoms with van der Waals surface area (Å²) in [4.78, 5) is 0. The maximum atomic E-state index is 5.89. The predicted molar refractivity (Wildman–Crippen MR) is 90.6 cm³/mol. The number of fused-ring (bicyclic) bond motifs is 1. The van der Waals surface area contributed by atoms with Gasteiger partial charge in [-0.3, -0.25) is 0 Å². The molecule has 0 aliphatic heterocycles. The zero-order valence-electron chi connectivity index (χ0n) is 11.6. The van der Waals surface area contributed by atoms with Gasteiger partial charge in [-0.05, 0) is 52.2 Å². The quantitative estimate of drug-likeness (QED) is 0.740. The lowest BCUT2D eigenvalue weighted by molar-refractivity contribution is 1.08. The van der Waals surface area contributed by atoms with Crippen LogP contribution in [0.4, 0.5) is 5.69 Å². The van der Waals surface area contributed by atoms with Crippen molar-refractivity contribution >= 4 is 28.1 Å². The smallest absolute Gasteiger partial charge is 0.0407 e. The van der Waals surface area contributed by atoms with E-state index in [1.54, 1.807) is 0 Å². The Morgan fingerprint density at radius 1 is 0.952 bits per heavy atom. The minimum Gasteiger partial charge on any atom is -0.381 e. The van der Waals surface area contributed by atoms with Crippen molar-refractivity contribution in [3.63, 3.8) is 0 Å². The number of nitrogens with one attached hydrogen (secondary N) is 1. The van der Waals surface area contributed by atoms with Gasteiger partial charge in [0.05, 0.1) is 0 Å². The number of benzene rings is 3. The molecule has 0 fully saturated rings. The van der Waals surface area contributed by atoms with E-state index in [0.717, 1.165) is 17.3 Å². The van der Waals surface area contributed by atoms with E-state index in [2.05, 4.69) is 41.7 Å². The molecule has 0 atom stereocenters. The Morgan fingerprint density at radius 3 is 2.52 bits per heavy atom. The van der Waals surface area contributed by atoms with Crippen molar-refractivity contribution in [1.29, 1.82) is 0 Å². The number of rotatable bonds is 4. The first-order valence-electron chi connectivity index (χ1n) is 6.96. The van der Waals surface area contributed by atoms with Crippen LogP contribution in [-0.4, -0.2) is 0 Å². The minimum absolute atomic E-state index is 0.561. The van der Waals surface area contributed by atoms with Gasteiger partial charge in [-0.25, -0.2) is 0 Å². The van der Waals surface area contributed by atoms with Crippen molar-refractivity contribution in [2.75, 3.05) is 5.32 Å². The molecular formula is C18H17ClN2. The summed E-state index contributed by atoms with van der Waals surface area (Å²) < 4.78 is 0. The number of hydrogen-bond acceptors (Lipinski definition) is 2. The second-order valence-electron chi connectivity index (χ2n) is 5.04. The van der Waals surface area contributed by atoms with Gasteiger partial charge in [0.15, 0.2) is 0 Å². The normalized spacial score (nSPS) is 10.8. The van der Waals surface area contributed by atoms with Gasteiger partial charge >= 0.3 is 0 Å². The van der Waals surface area contributed by atoms with Crippen molar-refractivity contribution in [2.45, 2.75) is 13.1 Å². The molecule has 0 amide bonds. The molecule has 0 aromatic heterocycles. The van der Waals surface area contributed by atoms with E-state index in [1.165, 1.54) is 21.9 Å². The lowest BCUT2D eigenvalue weighted by Gasteiger charge is -2.09. The maximum Gasteiger partial charge on any atom is 0.0407 e. The summed E-state index contributed by atoms with van der Waals surface area (Å²) in [5, 5.41) is 6.61. The fourth-order valence-corrected chi connectivity index (χ4v) is 2.57. The topological polar surface area (TPSA) is 38.0 Å². The second-order valence-corrected chi connectivity index (χ2v) is 5.47. The van der Waals surface area contributed by atoms with E-state index in [1.807, 2.05) is 24.3 Å². The van der Waals surface area contributed by atoms with Crippen LogP contribution in [0, 0.1) is 0 Å². The first-order valence-corrected chi connectivity index (χ1v) is 7.34. The van der Waals surface area contributed by atoms with Gasteiger partial charge in [-0.2, -0.15) is 0 Å². The van der Waals surface area contributed by atoms with Gasteiger partial charge in [0.2, 0.25) is 0 Å². The molecule has 0 aliphatic carbocycles. The molecule has 21 heavy (non-hydrogen) atoms. The van der Waals surface area contributed by atoms with Crippen molar-refractivity contribution < 1.29 is 0 Å². The van der Waals surface area contributed by atoms with E-state index in [0.29, 0.717) is 6.54 Å². The summed E-state index contributed by atoms with van der Waals surface area (Å²) in [6.45, 7) is 1.34. The first kappa shape index (κ1) is 13.9. The number of hydrogen-bond donors (Lipinski definition) is 2. The van der Waals surface area contributed by atoms with E-state index < -0.39 is 0 Å². The monoisotopic (exact) mass is 296 g/mol. The fraction of sp³-hybridized carbons (Fsp3) is 0.111. The summed E-state index contributed by atoms with van der Waals surface area (Å²) in [7, 11) is 0. The van der Waals surface area contributed by atoms with Crippen LogP contribution >= 0.6 is 11.6 Å². The van der Waals surface area contributed by atoms with E-state index in [-0.39, 0.29) is 0 Å². The van der Waals surface area contributed by atoms with Gasteiger partial charge in [0, 0.05) is 23.8 Å². The zero-order chi connectivity index (χ0) is 14.7. The Hall–Kier alpha value is -2.03. The van der Waals surface area contributed by atoms with Gasteiger partial charge in [0.25, 0.3) is 0 Å². The van der Waals surface area contributed by atoms with Crippen LogP contribution in [0.2, 0.25) is 5.02 Å². The van der Waals surface area contributed by atoms with Gasteiger partial charge < -0.3 is 11.1 Å². The highest BCUT2D eigenvalue weighted by Crippen LogP contribution is 2.21. The molecule has 0 heterocycles. The van der Waals surface area contributed by atoms with Crippen LogP contribution in [0.1, 0.15) is 11.1 Å². The SMILES string of the molecule is NCc1cccc2ccc(CNc3ccc(Cl)cc3)cc12. The van der Waals surface area contributed by atoms with Crippen molar-refractivity contribution in [1.82, 2.24) is 0 Å². The van der Waals surface area contributed by atoms with Crippen LogP contribution < -0.4 is 11.1 Å².